The van der Waals surface area contributed by atoms with E-state index in [-0.39, 0.29) is 5.54 Å². The maximum absolute atomic E-state index is 4.70. The number of nitrogens with zero attached hydrogens (tertiary/aromatic N) is 1. The van der Waals surface area contributed by atoms with E-state index in [1.165, 1.54) is 11.0 Å². The van der Waals surface area contributed by atoms with Crippen molar-refractivity contribution in [2.75, 3.05) is 6.54 Å². The Morgan fingerprint density at radius 3 is 2.60 bits per heavy atom. The molecule has 0 amide bonds. The summed E-state index contributed by atoms with van der Waals surface area (Å²) in [6.45, 7) is 9.67. The predicted molar refractivity (Wildman–Crippen MR) is 87.8 cm³/mol. The normalized spacial score (nSPS) is 12.9. The van der Waals surface area contributed by atoms with Crippen LogP contribution in [0.1, 0.15) is 39.8 Å². The number of benzene rings is 1. The first-order valence-electron chi connectivity index (χ1n) is 7.28. The van der Waals surface area contributed by atoms with Crippen LogP contribution < -0.4 is 5.32 Å². The number of nitrogens with one attached hydrogen (secondary N) is 1. The Bertz CT molecular complexity index is 606. The summed E-state index contributed by atoms with van der Waals surface area (Å²) in [7, 11) is 0. The minimum absolute atomic E-state index is 0.144. The van der Waals surface area contributed by atoms with E-state index in [4.69, 9.17) is 4.98 Å². The van der Waals surface area contributed by atoms with Crippen LogP contribution in [0.2, 0.25) is 0 Å². The molecular formula is C18H24N2. The molecule has 0 fully saturated rings. The molecular weight excluding hydrogens is 244 g/mol. The summed E-state index contributed by atoms with van der Waals surface area (Å²) >= 11 is 0. The zero-order valence-corrected chi connectivity index (χ0v) is 12.9. The maximum atomic E-state index is 4.70. The highest BCUT2D eigenvalue weighted by Crippen LogP contribution is 2.15. The molecule has 0 bridgehead atoms. The Balaban J connectivity index is 2.20. The molecule has 20 heavy (non-hydrogen) atoms. The first-order valence-corrected chi connectivity index (χ1v) is 7.28. The van der Waals surface area contributed by atoms with Crippen molar-refractivity contribution in [3.8, 4) is 0 Å². The molecule has 2 aromatic rings. The van der Waals surface area contributed by atoms with Gasteiger partial charge in [-0.3, -0.25) is 0 Å². The Hall–Kier alpha value is -1.67. The summed E-state index contributed by atoms with van der Waals surface area (Å²) in [5.41, 5.74) is 3.62. The summed E-state index contributed by atoms with van der Waals surface area (Å²) in [5.74, 6) is 0. The van der Waals surface area contributed by atoms with Crippen molar-refractivity contribution in [2.24, 2.45) is 0 Å². The van der Waals surface area contributed by atoms with Gasteiger partial charge in [-0.05, 0) is 45.4 Å². The molecule has 0 spiro atoms. The van der Waals surface area contributed by atoms with E-state index >= 15 is 0 Å². The molecule has 0 saturated carbocycles. The van der Waals surface area contributed by atoms with Gasteiger partial charge in [-0.25, -0.2) is 4.98 Å². The lowest BCUT2D eigenvalue weighted by atomic mass is 10.1. The van der Waals surface area contributed by atoms with Crippen LogP contribution in [-0.4, -0.2) is 17.1 Å². The highest BCUT2D eigenvalue weighted by Gasteiger charge is 2.09. The zero-order chi connectivity index (χ0) is 14.6. The minimum atomic E-state index is 0.144. The Morgan fingerprint density at radius 2 is 1.90 bits per heavy atom. The van der Waals surface area contributed by atoms with Crippen LogP contribution in [0.25, 0.3) is 17.0 Å². The van der Waals surface area contributed by atoms with Gasteiger partial charge in [-0.15, -0.1) is 0 Å². The molecule has 1 N–H and O–H groups in total. The van der Waals surface area contributed by atoms with Gasteiger partial charge in [0.1, 0.15) is 0 Å². The molecule has 0 saturated heterocycles. The van der Waals surface area contributed by atoms with Gasteiger partial charge in [0, 0.05) is 17.5 Å². The first kappa shape index (κ1) is 14.7. The summed E-state index contributed by atoms with van der Waals surface area (Å²) in [6.07, 6.45) is 3.24. The van der Waals surface area contributed by atoms with Gasteiger partial charge < -0.3 is 5.32 Å². The standard InChI is InChI=1S/C18H24N2/c1-5-14(13-19-18(2,3)4)12-16-11-10-15-8-6-7-9-17(15)20-16/h6-12,19H,5,13H2,1-4H3. The van der Waals surface area contributed by atoms with E-state index in [9.17, 15) is 0 Å². The average Bonchev–Trinajstić information content (AvgIpc) is 2.42. The number of para-hydroxylation sites is 1. The second kappa shape index (κ2) is 6.19. The quantitative estimate of drug-likeness (QED) is 0.888. The number of fused-ring (bicyclic) bond motifs is 1. The second-order valence-corrected chi connectivity index (χ2v) is 6.19. The summed E-state index contributed by atoms with van der Waals surface area (Å²) < 4.78 is 0. The first-order chi connectivity index (χ1) is 9.48. The van der Waals surface area contributed by atoms with Crippen molar-refractivity contribution in [1.82, 2.24) is 10.3 Å². The van der Waals surface area contributed by atoms with Gasteiger partial charge >= 0.3 is 0 Å². The number of aromatic nitrogens is 1. The van der Waals surface area contributed by atoms with Crippen LogP contribution in [0.5, 0.6) is 0 Å². The van der Waals surface area contributed by atoms with Crippen LogP contribution in [0.3, 0.4) is 0 Å². The van der Waals surface area contributed by atoms with Gasteiger partial charge in [0.2, 0.25) is 0 Å². The summed E-state index contributed by atoms with van der Waals surface area (Å²) in [5, 5.41) is 4.72. The lowest BCUT2D eigenvalue weighted by Crippen LogP contribution is -2.36. The third-order valence-corrected chi connectivity index (χ3v) is 3.27. The van der Waals surface area contributed by atoms with Crippen LogP contribution in [0.4, 0.5) is 0 Å². The third-order valence-electron chi connectivity index (χ3n) is 3.27. The average molecular weight is 268 g/mol. The fourth-order valence-electron chi connectivity index (χ4n) is 2.03. The number of hydrogen-bond acceptors (Lipinski definition) is 2. The minimum Gasteiger partial charge on any atom is -0.308 e. The van der Waals surface area contributed by atoms with Gasteiger partial charge in [-0.2, -0.15) is 0 Å². The lowest BCUT2D eigenvalue weighted by Gasteiger charge is -2.21. The largest absolute Gasteiger partial charge is 0.308 e. The molecule has 106 valence electrons. The number of rotatable bonds is 4. The Morgan fingerprint density at radius 1 is 1.15 bits per heavy atom. The van der Waals surface area contributed by atoms with Crippen LogP contribution in [0, 0.1) is 0 Å². The molecule has 0 atom stereocenters. The highest BCUT2D eigenvalue weighted by atomic mass is 14.9. The molecule has 0 aliphatic carbocycles. The van der Waals surface area contributed by atoms with E-state index < -0.39 is 0 Å². The topological polar surface area (TPSA) is 24.9 Å². The monoisotopic (exact) mass is 268 g/mol. The molecule has 1 aromatic carbocycles. The maximum Gasteiger partial charge on any atom is 0.0709 e. The third kappa shape index (κ3) is 4.17. The molecule has 1 aromatic heterocycles. The van der Waals surface area contributed by atoms with Gasteiger partial charge in [0.05, 0.1) is 11.2 Å². The fourth-order valence-corrected chi connectivity index (χ4v) is 2.03. The fraction of sp³-hybridized carbons (Fsp3) is 0.389. The van der Waals surface area contributed by atoms with Gasteiger partial charge in [0.25, 0.3) is 0 Å². The van der Waals surface area contributed by atoms with Crippen molar-refractivity contribution in [1.29, 1.82) is 0 Å². The van der Waals surface area contributed by atoms with Crippen molar-refractivity contribution in [3.63, 3.8) is 0 Å². The van der Waals surface area contributed by atoms with E-state index in [0.717, 1.165) is 24.2 Å². The van der Waals surface area contributed by atoms with Crippen LogP contribution >= 0.6 is 0 Å². The molecule has 0 unspecified atom stereocenters. The number of hydrogen-bond donors (Lipinski definition) is 1. The van der Waals surface area contributed by atoms with Crippen molar-refractivity contribution in [2.45, 2.75) is 39.7 Å². The lowest BCUT2D eigenvalue weighted by molar-refractivity contribution is 0.443. The van der Waals surface area contributed by atoms with Gasteiger partial charge in [-0.1, -0.05) is 36.8 Å². The molecule has 2 rings (SSSR count). The SMILES string of the molecule is CCC(=Cc1ccc2ccccc2n1)CNC(C)(C)C. The smallest absolute Gasteiger partial charge is 0.0709 e. The van der Waals surface area contributed by atoms with E-state index in [1.807, 2.05) is 12.1 Å². The summed E-state index contributed by atoms with van der Waals surface area (Å²) in [4.78, 5) is 4.70. The second-order valence-electron chi connectivity index (χ2n) is 6.19. The molecule has 0 aliphatic heterocycles. The van der Waals surface area contributed by atoms with Crippen LogP contribution in [-0.2, 0) is 0 Å². The van der Waals surface area contributed by atoms with E-state index in [1.54, 1.807) is 0 Å². The number of pyridine rings is 1. The van der Waals surface area contributed by atoms with Crippen LogP contribution in [0.15, 0.2) is 42.0 Å². The van der Waals surface area contributed by atoms with Crippen molar-refractivity contribution >= 4 is 17.0 Å². The van der Waals surface area contributed by atoms with Gasteiger partial charge in [0.15, 0.2) is 0 Å². The van der Waals surface area contributed by atoms with E-state index in [2.05, 4.69) is 63.4 Å². The Labute approximate surface area is 121 Å². The predicted octanol–water partition coefficient (Wildman–Crippen LogP) is 4.42. The highest BCUT2D eigenvalue weighted by molar-refractivity contribution is 5.79. The molecule has 2 nitrogen and oxygen atoms in total. The Kier molecular flexibility index (Phi) is 4.56. The van der Waals surface area contributed by atoms with E-state index in [0.29, 0.717) is 0 Å². The molecule has 0 radical (unpaired) electrons. The van der Waals surface area contributed by atoms with Crippen molar-refractivity contribution < 1.29 is 0 Å². The molecule has 0 aliphatic rings. The van der Waals surface area contributed by atoms with Crippen molar-refractivity contribution in [3.05, 3.63) is 47.7 Å². The summed E-state index contributed by atoms with van der Waals surface area (Å²) in [6, 6.07) is 12.5. The zero-order valence-electron chi connectivity index (χ0n) is 12.9. The molecule has 2 heteroatoms. The molecule has 1 heterocycles.